The third kappa shape index (κ3) is 10.1. The number of benzene rings is 1. The first kappa shape index (κ1) is 28.8. The van der Waals surface area contributed by atoms with Crippen molar-refractivity contribution in [1.29, 1.82) is 0 Å². The highest BCUT2D eigenvalue weighted by Crippen LogP contribution is 2.37. The molecule has 0 amide bonds. The molecule has 7 heteroatoms. The smallest absolute Gasteiger partial charge is 0.379 e. The van der Waals surface area contributed by atoms with E-state index in [0.29, 0.717) is 12.3 Å². The second-order valence-electron chi connectivity index (χ2n) is 9.22. The van der Waals surface area contributed by atoms with E-state index in [-0.39, 0.29) is 23.7 Å². The summed E-state index contributed by atoms with van der Waals surface area (Å²) in [5.41, 5.74) is -2.73. The molecule has 0 bridgehead atoms. The van der Waals surface area contributed by atoms with Crippen LogP contribution in [0.25, 0.3) is 0 Å². The molecule has 0 heterocycles. The zero-order valence-corrected chi connectivity index (χ0v) is 19.8. The van der Waals surface area contributed by atoms with E-state index in [1.807, 2.05) is 13.8 Å². The molecule has 0 aliphatic rings. The van der Waals surface area contributed by atoms with E-state index < -0.39 is 23.5 Å². The second kappa shape index (κ2) is 12.9. The van der Waals surface area contributed by atoms with Gasteiger partial charge in [-0.2, -0.15) is 26.3 Å². The second-order valence-corrected chi connectivity index (χ2v) is 9.22. The highest BCUT2D eigenvalue weighted by Gasteiger charge is 2.36. The van der Waals surface area contributed by atoms with Crippen molar-refractivity contribution in [3.63, 3.8) is 0 Å². The molecule has 186 valence electrons. The average Bonchev–Trinajstić information content (AvgIpc) is 2.70. The van der Waals surface area contributed by atoms with Crippen LogP contribution in [0.4, 0.5) is 26.3 Å². The maximum Gasteiger partial charge on any atom is 0.416 e. The fourth-order valence-corrected chi connectivity index (χ4v) is 4.06. The monoisotopic (exact) mass is 468 g/mol. The number of alkyl halides is 6. The number of methoxy groups -OCH3 is 1. The van der Waals surface area contributed by atoms with Crippen molar-refractivity contribution in [2.45, 2.75) is 109 Å². The van der Waals surface area contributed by atoms with Gasteiger partial charge in [-0.3, -0.25) is 0 Å². The molecule has 0 spiro atoms. The first-order valence-electron chi connectivity index (χ1n) is 11.6. The Balaban J connectivity index is 2.69. The van der Waals surface area contributed by atoms with Gasteiger partial charge in [0, 0.05) is 7.11 Å². The Hall–Kier alpha value is -1.24. The fraction of sp³-hybridized carbons (Fsp3) is 0.760. The van der Waals surface area contributed by atoms with Gasteiger partial charge < -0.3 is 4.74 Å². The lowest BCUT2D eigenvalue weighted by molar-refractivity contribution is -0.143. The van der Waals surface area contributed by atoms with Crippen LogP contribution in [-0.4, -0.2) is 12.7 Å². The minimum atomic E-state index is -4.80. The SMILES string of the molecule is CCCCCCCCC(CCCCc1cc(C(F)(F)F)cc(C(F)(F)F)c1)C(C)(C)OC. The normalized spacial score (nSPS) is 14.1. The summed E-state index contributed by atoms with van der Waals surface area (Å²) in [7, 11) is 1.68. The first-order chi connectivity index (χ1) is 14.8. The highest BCUT2D eigenvalue weighted by molar-refractivity contribution is 5.33. The summed E-state index contributed by atoms with van der Waals surface area (Å²) in [6.45, 7) is 6.26. The van der Waals surface area contributed by atoms with E-state index >= 15 is 0 Å². The predicted octanol–water partition coefficient (Wildman–Crippen LogP) is 9.23. The van der Waals surface area contributed by atoms with Crippen molar-refractivity contribution in [3.8, 4) is 0 Å². The van der Waals surface area contributed by atoms with Crippen LogP contribution in [0.15, 0.2) is 18.2 Å². The van der Waals surface area contributed by atoms with E-state index in [1.54, 1.807) is 7.11 Å². The van der Waals surface area contributed by atoms with Gasteiger partial charge in [0.1, 0.15) is 0 Å². The summed E-state index contributed by atoms with van der Waals surface area (Å²) < 4.78 is 83.9. The fourth-order valence-electron chi connectivity index (χ4n) is 4.06. The molecule has 0 saturated heterocycles. The standard InChI is InChI=1S/C25H38F6O/c1-5-6-7-8-9-10-14-20(23(2,3)32-4)15-12-11-13-19-16-21(24(26,27)28)18-22(17-19)25(29,30)31/h16-18,20H,5-15H2,1-4H3. The van der Waals surface area contributed by atoms with E-state index in [1.165, 1.54) is 32.1 Å². The van der Waals surface area contributed by atoms with Crippen LogP contribution in [0.1, 0.15) is 102 Å². The van der Waals surface area contributed by atoms with Gasteiger partial charge in [0.05, 0.1) is 16.7 Å². The number of ether oxygens (including phenoxy) is 1. The molecule has 0 aliphatic carbocycles. The van der Waals surface area contributed by atoms with Crippen molar-refractivity contribution in [2.24, 2.45) is 5.92 Å². The number of hydrogen-bond donors (Lipinski definition) is 0. The molecule has 0 aromatic heterocycles. The predicted molar refractivity (Wildman–Crippen MR) is 117 cm³/mol. The average molecular weight is 469 g/mol. The summed E-state index contributed by atoms with van der Waals surface area (Å²) in [6, 6.07) is 1.85. The maximum atomic E-state index is 13.0. The molecule has 1 rings (SSSR count). The molecule has 0 aliphatic heterocycles. The molecule has 0 radical (unpaired) electrons. The number of aryl methyl sites for hydroxylation is 1. The summed E-state index contributed by atoms with van der Waals surface area (Å²) in [5.74, 6) is 0.297. The van der Waals surface area contributed by atoms with Crippen LogP contribution >= 0.6 is 0 Å². The Bertz CT molecular complexity index is 631. The van der Waals surface area contributed by atoms with E-state index in [9.17, 15) is 26.3 Å². The van der Waals surface area contributed by atoms with Crippen molar-refractivity contribution >= 4 is 0 Å². The van der Waals surface area contributed by atoms with Crippen LogP contribution < -0.4 is 0 Å². The topological polar surface area (TPSA) is 9.23 Å². The molecule has 0 fully saturated rings. The molecule has 32 heavy (non-hydrogen) atoms. The Labute approximate surface area is 188 Å². The number of unbranched alkanes of at least 4 members (excludes halogenated alkanes) is 6. The Morgan fingerprint density at radius 2 is 1.19 bits per heavy atom. The van der Waals surface area contributed by atoms with Crippen LogP contribution in [0.3, 0.4) is 0 Å². The minimum Gasteiger partial charge on any atom is -0.379 e. The number of rotatable bonds is 14. The number of halogens is 6. The van der Waals surface area contributed by atoms with Crippen molar-refractivity contribution < 1.29 is 31.1 Å². The van der Waals surface area contributed by atoms with Gasteiger partial charge in [0.2, 0.25) is 0 Å². The van der Waals surface area contributed by atoms with Gasteiger partial charge in [-0.1, -0.05) is 51.9 Å². The van der Waals surface area contributed by atoms with Crippen molar-refractivity contribution in [1.82, 2.24) is 0 Å². The molecule has 1 nitrogen and oxygen atoms in total. The molecule has 1 unspecified atom stereocenters. The summed E-state index contributed by atoms with van der Waals surface area (Å²) in [4.78, 5) is 0. The third-order valence-corrected chi connectivity index (χ3v) is 6.33. The molecule has 1 aromatic carbocycles. The third-order valence-electron chi connectivity index (χ3n) is 6.33. The molecule has 0 N–H and O–H groups in total. The molecular weight excluding hydrogens is 430 g/mol. The Morgan fingerprint density at radius 1 is 0.719 bits per heavy atom. The largest absolute Gasteiger partial charge is 0.416 e. The zero-order chi connectivity index (χ0) is 24.4. The summed E-state index contributed by atoms with van der Waals surface area (Å²) in [5, 5.41) is 0. The summed E-state index contributed by atoms with van der Waals surface area (Å²) >= 11 is 0. The first-order valence-corrected chi connectivity index (χ1v) is 11.6. The van der Waals surface area contributed by atoms with Gasteiger partial charge in [-0.25, -0.2) is 0 Å². The van der Waals surface area contributed by atoms with Crippen LogP contribution in [0, 0.1) is 5.92 Å². The van der Waals surface area contributed by atoms with Gasteiger partial charge >= 0.3 is 12.4 Å². The van der Waals surface area contributed by atoms with Crippen LogP contribution in [-0.2, 0) is 23.5 Å². The Kier molecular flexibility index (Phi) is 11.6. The van der Waals surface area contributed by atoms with Crippen LogP contribution in [0.2, 0.25) is 0 Å². The lowest BCUT2D eigenvalue weighted by Crippen LogP contribution is -2.33. The maximum absolute atomic E-state index is 13.0. The summed E-state index contributed by atoms with van der Waals surface area (Å²) in [6.07, 6.45) is 0.854. The lowest BCUT2D eigenvalue weighted by Gasteiger charge is -2.33. The van der Waals surface area contributed by atoms with Gasteiger partial charge in [0.15, 0.2) is 0 Å². The quantitative estimate of drug-likeness (QED) is 0.195. The Morgan fingerprint density at radius 3 is 1.66 bits per heavy atom. The lowest BCUT2D eigenvalue weighted by atomic mass is 9.82. The highest BCUT2D eigenvalue weighted by atomic mass is 19.4. The van der Waals surface area contributed by atoms with E-state index in [0.717, 1.165) is 37.8 Å². The van der Waals surface area contributed by atoms with Crippen molar-refractivity contribution in [2.75, 3.05) is 7.11 Å². The minimum absolute atomic E-state index is 0.0747. The van der Waals surface area contributed by atoms with Gasteiger partial charge in [0.25, 0.3) is 0 Å². The zero-order valence-electron chi connectivity index (χ0n) is 19.8. The number of hydrogen-bond acceptors (Lipinski definition) is 1. The van der Waals surface area contributed by atoms with E-state index in [4.69, 9.17) is 4.74 Å². The van der Waals surface area contributed by atoms with Gasteiger partial charge in [-0.15, -0.1) is 0 Å². The van der Waals surface area contributed by atoms with Crippen molar-refractivity contribution in [3.05, 3.63) is 34.9 Å². The van der Waals surface area contributed by atoms with Gasteiger partial charge in [-0.05, 0) is 69.2 Å². The van der Waals surface area contributed by atoms with Crippen LogP contribution in [0.5, 0.6) is 0 Å². The molecule has 0 saturated carbocycles. The molecule has 1 aromatic rings. The molecular formula is C25H38F6O. The molecule has 1 atom stereocenters. The van der Waals surface area contributed by atoms with E-state index in [2.05, 4.69) is 6.92 Å².